The fourth-order valence-corrected chi connectivity index (χ4v) is 2.56. The highest BCUT2D eigenvalue weighted by atomic mass is 15.0. The van der Waals surface area contributed by atoms with Crippen LogP contribution in [0.25, 0.3) is 10.9 Å². The zero-order chi connectivity index (χ0) is 11.0. The van der Waals surface area contributed by atoms with Crippen LogP contribution >= 0.6 is 0 Å². The summed E-state index contributed by atoms with van der Waals surface area (Å²) in [5, 5.41) is 4.81. The monoisotopic (exact) mass is 215 g/mol. The minimum Gasteiger partial charge on any atom is -0.379 e. The van der Waals surface area contributed by atoms with Crippen LogP contribution in [0.3, 0.4) is 0 Å². The minimum absolute atomic E-state index is 0.300. The Kier molecular flexibility index (Phi) is 2.33. The maximum Gasteiger partial charge on any atom is 0.0600 e. The van der Waals surface area contributed by atoms with E-state index in [2.05, 4.69) is 28.5 Å². The molecule has 3 nitrogen and oxygen atoms in total. The first-order valence-corrected chi connectivity index (χ1v) is 5.93. The number of hydrogen-bond acceptors (Lipinski definition) is 2. The number of fused-ring (bicyclic) bond motifs is 1. The van der Waals surface area contributed by atoms with E-state index in [9.17, 15) is 0 Å². The van der Waals surface area contributed by atoms with Gasteiger partial charge in [0.25, 0.3) is 0 Å². The number of aromatic nitrogens is 1. The summed E-state index contributed by atoms with van der Waals surface area (Å²) in [6.45, 7) is 0. The molecule has 0 bridgehead atoms. The van der Waals surface area contributed by atoms with Crippen LogP contribution in [-0.2, 0) is 0 Å². The van der Waals surface area contributed by atoms with Gasteiger partial charge in [0.05, 0.1) is 5.69 Å². The predicted octanol–water partition coefficient (Wildman–Crippen LogP) is 2.46. The molecule has 1 aliphatic rings. The first-order valence-electron chi connectivity index (χ1n) is 5.93. The van der Waals surface area contributed by atoms with Gasteiger partial charge in [0.1, 0.15) is 0 Å². The number of para-hydroxylation sites is 1. The average molecular weight is 215 g/mol. The molecule has 1 heterocycles. The molecule has 2 aromatic rings. The van der Waals surface area contributed by atoms with E-state index in [4.69, 9.17) is 5.73 Å². The largest absolute Gasteiger partial charge is 0.379 e. The molecular formula is C13H17N3. The number of H-pyrrole nitrogens is 1. The summed E-state index contributed by atoms with van der Waals surface area (Å²) in [5.74, 6) is 0. The maximum atomic E-state index is 6.07. The Morgan fingerprint density at radius 1 is 1.25 bits per heavy atom. The van der Waals surface area contributed by atoms with Crippen LogP contribution in [0.4, 0.5) is 5.69 Å². The number of rotatable bonds is 2. The van der Waals surface area contributed by atoms with Crippen LogP contribution < -0.4 is 11.1 Å². The lowest BCUT2D eigenvalue weighted by Gasteiger charge is -2.17. The van der Waals surface area contributed by atoms with E-state index in [1.807, 2.05) is 12.3 Å². The third-order valence-electron chi connectivity index (χ3n) is 3.50. The van der Waals surface area contributed by atoms with Crippen molar-refractivity contribution in [3.05, 3.63) is 30.5 Å². The van der Waals surface area contributed by atoms with E-state index in [-0.39, 0.29) is 0 Å². The highest BCUT2D eigenvalue weighted by Crippen LogP contribution is 2.27. The van der Waals surface area contributed by atoms with Gasteiger partial charge in [0, 0.05) is 29.2 Å². The molecule has 16 heavy (non-hydrogen) atoms. The first-order chi connectivity index (χ1) is 7.84. The molecule has 1 aromatic carbocycles. The van der Waals surface area contributed by atoms with Crippen LogP contribution in [0.5, 0.6) is 0 Å². The lowest BCUT2D eigenvalue weighted by atomic mass is 10.1. The van der Waals surface area contributed by atoms with E-state index < -0.39 is 0 Å². The molecule has 3 heteroatoms. The average Bonchev–Trinajstić information content (AvgIpc) is 2.88. The Balaban J connectivity index is 1.89. The standard InChI is InChI=1S/C13H17N3/c14-10-5-3-7-12(10)16-13-8-15-11-6-2-1-4-9(11)13/h1-2,4,6,8,10,12,15-16H,3,5,7,14H2. The van der Waals surface area contributed by atoms with Gasteiger partial charge in [-0.1, -0.05) is 18.2 Å². The van der Waals surface area contributed by atoms with Gasteiger partial charge in [-0.2, -0.15) is 0 Å². The molecule has 84 valence electrons. The molecule has 0 spiro atoms. The molecule has 4 N–H and O–H groups in total. The Bertz CT molecular complexity index is 489. The van der Waals surface area contributed by atoms with Crippen molar-refractivity contribution < 1.29 is 0 Å². The molecule has 1 fully saturated rings. The van der Waals surface area contributed by atoms with Crippen molar-refractivity contribution in [3.8, 4) is 0 Å². The second-order valence-corrected chi connectivity index (χ2v) is 4.59. The Labute approximate surface area is 95.0 Å². The summed E-state index contributed by atoms with van der Waals surface area (Å²) >= 11 is 0. The van der Waals surface area contributed by atoms with Crippen molar-refractivity contribution in [2.45, 2.75) is 31.3 Å². The van der Waals surface area contributed by atoms with Crippen LogP contribution in [0.1, 0.15) is 19.3 Å². The van der Waals surface area contributed by atoms with Crippen molar-refractivity contribution in [1.82, 2.24) is 4.98 Å². The fraction of sp³-hybridized carbons (Fsp3) is 0.385. The number of hydrogen-bond donors (Lipinski definition) is 3. The van der Waals surface area contributed by atoms with Gasteiger partial charge in [-0.15, -0.1) is 0 Å². The molecule has 1 aromatic heterocycles. The summed E-state index contributed by atoms with van der Waals surface area (Å²) in [4.78, 5) is 3.27. The van der Waals surface area contributed by atoms with Crippen molar-refractivity contribution >= 4 is 16.6 Å². The highest BCUT2D eigenvalue weighted by Gasteiger charge is 2.24. The molecule has 0 amide bonds. The smallest absolute Gasteiger partial charge is 0.0600 e. The summed E-state index contributed by atoms with van der Waals surface area (Å²) < 4.78 is 0. The third kappa shape index (κ3) is 1.57. The second-order valence-electron chi connectivity index (χ2n) is 4.59. The number of nitrogens with one attached hydrogen (secondary N) is 2. The second kappa shape index (κ2) is 3.83. The summed E-state index contributed by atoms with van der Waals surface area (Å²) in [6.07, 6.45) is 5.59. The first kappa shape index (κ1) is 9.73. The zero-order valence-corrected chi connectivity index (χ0v) is 9.24. The predicted molar refractivity (Wildman–Crippen MR) is 67.5 cm³/mol. The minimum atomic E-state index is 0.300. The Morgan fingerprint density at radius 2 is 2.12 bits per heavy atom. The zero-order valence-electron chi connectivity index (χ0n) is 9.24. The van der Waals surface area contributed by atoms with Crippen molar-refractivity contribution in [3.63, 3.8) is 0 Å². The van der Waals surface area contributed by atoms with E-state index >= 15 is 0 Å². The lowest BCUT2D eigenvalue weighted by Crippen LogP contribution is -2.35. The molecule has 0 radical (unpaired) electrons. The summed E-state index contributed by atoms with van der Waals surface area (Å²) in [6, 6.07) is 9.07. The van der Waals surface area contributed by atoms with E-state index in [1.54, 1.807) is 0 Å². The molecule has 2 unspecified atom stereocenters. The van der Waals surface area contributed by atoms with E-state index in [0.29, 0.717) is 12.1 Å². The van der Waals surface area contributed by atoms with Gasteiger partial charge in [-0.25, -0.2) is 0 Å². The Hall–Kier alpha value is -1.48. The molecule has 3 rings (SSSR count). The molecule has 0 aliphatic heterocycles. The van der Waals surface area contributed by atoms with E-state index in [0.717, 1.165) is 6.42 Å². The van der Waals surface area contributed by atoms with Gasteiger partial charge in [0.15, 0.2) is 0 Å². The normalized spacial score (nSPS) is 25.1. The number of benzene rings is 1. The van der Waals surface area contributed by atoms with Crippen LogP contribution in [0.15, 0.2) is 30.5 Å². The van der Waals surface area contributed by atoms with Gasteiger partial charge in [0.2, 0.25) is 0 Å². The number of anilines is 1. The van der Waals surface area contributed by atoms with Crippen LogP contribution in [0.2, 0.25) is 0 Å². The van der Waals surface area contributed by atoms with Gasteiger partial charge < -0.3 is 16.0 Å². The lowest BCUT2D eigenvalue weighted by molar-refractivity contribution is 0.638. The number of aromatic amines is 1. The van der Waals surface area contributed by atoms with Crippen molar-refractivity contribution in [2.75, 3.05) is 5.32 Å². The summed E-state index contributed by atoms with van der Waals surface area (Å²) in [5.41, 5.74) is 8.42. The van der Waals surface area contributed by atoms with Gasteiger partial charge >= 0.3 is 0 Å². The quantitative estimate of drug-likeness (QED) is 0.720. The summed E-state index contributed by atoms with van der Waals surface area (Å²) in [7, 11) is 0. The van der Waals surface area contributed by atoms with Gasteiger partial charge in [-0.3, -0.25) is 0 Å². The molecular weight excluding hydrogens is 198 g/mol. The topological polar surface area (TPSA) is 53.8 Å². The molecule has 1 aliphatic carbocycles. The SMILES string of the molecule is NC1CCCC1Nc1c[nH]c2ccccc12. The molecule has 1 saturated carbocycles. The molecule has 0 saturated heterocycles. The highest BCUT2D eigenvalue weighted by molar-refractivity contribution is 5.92. The van der Waals surface area contributed by atoms with Crippen molar-refractivity contribution in [2.24, 2.45) is 5.73 Å². The molecule has 2 atom stereocenters. The van der Waals surface area contributed by atoms with Crippen molar-refractivity contribution in [1.29, 1.82) is 0 Å². The Morgan fingerprint density at radius 3 is 2.94 bits per heavy atom. The maximum absolute atomic E-state index is 6.07. The fourth-order valence-electron chi connectivity index (χ4n) is 2.56. The number of nitrogens with two attached hydrogens (primary N) is 1. The van der Waals surface area contributed by atoms with Crippen LogP contribution in [0, 0.1) is 0 Å². The van der Waals surface area contributed by atoms with Gasteiger partial charge in [-0.05, 0) is 25.3 Å². The van der Waals surface area contributed by atoms with E-state index in [1.165, 1.54) is 29.4 Å². The van der Waals surface area contributed by atoms with Crippen LogP contribution in [-0.4, -0.2) is 17.1 Å². The third-order valence-corrected chi connectivity index (χ3v) is 3.50.